The van der Waals surface area contributed by atoms with Crippen LogP contribution in [0.25, 0.3) is 179 Å². The van der Waals surface area contributed by atoms with Crippen molar-refractivity contribution in [2.75, 3.05) is 30.5 Å². The number of nitrogens with zero attached hydrogens (tertiary/aromatic N) is 12. The standard InChI is InChI=1S/C105H110N16O8S3Si2/c1-23-46-130(122,123)66-36-44-75-82(54-66)98-117-91(75)110-93-77-49-59(28-38-69(77)85(108-93)106-90-74-43-35-67(131(124,125)47-24-2)55-83(74)99(116-90)121-100-84-56-68(132(126,127)48-25-3)37-45-76(84)92(118-98)119-100)26-30-61(57-128-133(19,20)104(13,14)15)62(58-129-134(21,22)105(16,17)18)31-27-60-29-39-70-78(50-60)94-109-86(70)111-95-80-52-64(102(7,8)9)34-42-73(80)89(114-95)115-96-79-51-63(101(4,5)6)32-40-71(79)87(112-96)107-88-72-41-33-65(103(10,11)12)53-81(72)97(113-88)120-94/h28-29,32-45,49-56H,23-25,46-48,57-58H2,1-22H3,(H2,106,108,110,116,117,118,119,121)(H2,107,109,111,112,113,114,115,120)/b62-61+. The Morgan fingerprint density at radius 1 is 0.291 bits per heavy atom. The fourth-order valence-corrected chi connectivity index (χ4v) is 22.4. The SMILES string of the molecule is CCCS(=O)(=O)c1ccc2c(c1)-c1nc-2nc2[nH]c(nc3nc(nc4[nH]c(n1)c1cc(S(=O)(=O)CCC)ccc41)-c1ccc(C#C/C(CO[Si](C)(C)C(C)(C)C)=C(/C#Cc4ccc5c(c4)-c4nc-5nc5[nH]c(nc6nc(nc7[nH]c(n4)c4cc(C(C)(C)C)ccc74)-c4ccc(C(C)(C)C)cc4-6)c4ccc(C(C)(C)C)cc54)CO[Si](C)(C)C(C)(C)C)cc1-3)c1ccc(S(=O)(=O)CCC)cc21. The summed E-state index contributed by atoms with van der Waals surface area (Å²) in [6, 6.07) is 45.5. The summed E-state index contributed by atoms with van der Waals surface area (Å²) < 4.78 is 98.4. The minimum atomic E-state index is -3.79. The Balaban J connectivity index is 0.841. The third-order valence-electron chi connectivity index (χ3n) is 26.5. The topological polar surface area (TPSA) is 339 Å². The normalized spacial score (nSPS) is 13.5. The van der Waals surface area contributed by atoms with Gasteiger partial charge in [0.25, 0.3) is 0 Å². The van der Waals surface area contributed by atoms with Crippen LogP contribution in [0.15, 0.2) is 171 Å². The van der Waals surface area contributed by atoms with Crippen LogP contribution in [0.5, 0.6) is 0 Å². The zero-order valence-corrected chi connectivity index (χ0v) is 84.3. The summed E-state index contributed by atoms with van der Waals surface area (Å²) in [5, 5.41) is 4.83. The van der Waals surface area contributed by atoms with E-state index in [-0.39, 0.29) is 117 Å². The van der Waals surface area contributed by atoms with Gasteiger partial charge in [-0.3, -0.25) is 0 Å². The van der Waals surface area contributed by atoms with Crippen LogP contribution < -0.4 is 0 Å². The molecular weight excluding hydrogens is 1770 g/mol. The monoisotopic (exact) mass is 1870 g/mol. The largest absolute Gasteiger partial charge is 0.412 e. The molecule has 18 rings (SSSR count). The van der Waals surface area contributed by atoms with Gasteiger partial charge >= 0.3 is 0 Å². The lowest BCUT2D eigenvalue weighted by molar-refractivity contribution is 0.308. The molecule has 14 aromatic rings. The van der Waals surface area contributed by atoms with Gasteiger partial charge in [0.15, 0.2) is 92.7 Å². The van der Waals surface area contributed by atoms with E-state index in [1.807, 2.05) is 36.4 Å². The molecule has 0 atom stereocenters. The quantitative estimate of drug-likeness (QED) is 0.0547. The van der Waals surface area contributed by atoms with Gasteiger partial charge in [0, 0.05) is 110 Å². The Morgan fingerprint density at radius 3 is 0.851 bits per heavy atom. The molecule has 0 unspecified atom stereocenters. The zero-order chi connectivity index (χ0) is 95.4. The van der Waals surface area contributed by atoms with Gasteiger partial charge in [-0.15, -0.1) is 0 Å². The smallest absolute Gasteiger partial charge is 0.192 e. The van der Waals surface area contributed by atoms with E-state index in [0.717, 1.165) is 54.9 Å². The number of H-pyrrole nitrogens is 4. The van der Waals surface area contributed by atoms with Crippen molar-refractivity contribution in [3.63, 3.8) is 0 Å². The molecule has 0 saturated carbocycles. The minimum absolute atomic E-state index is 0.0495. The summed E-state index contributed by atoms with van der Waals surface area (Å²) in [5.74, 6) is 16.8. The maximum absolute atomic E-state index is 14.1. The molecule has 0 aliphatic carbocycles. The zero-order valence-electron chi connectivity index (χ0n) is 79.9. The third-order valence-corrected chi connectivity index (χ3v) is 41.2. The van der Waals surface area contributed by atoms with Crippen molar-refractivity contribution in [2.24, 2.45) is 0 Å². The van der Waals surface area contributed by atoms with Crippen LogP contribution in [0.2, 0.25) is 36.3 Å². The first-order valence-corrected chi connectivity index (χ1v) is 56.3. The number of nitrogens with one attached hydrogen (secondary N) is 4. The molecule has 8 aromatic carbocycles. The number of fused-ring (bicyclic) bond motifs is 40. The average molecular weight is 1880 g/mol. The molecule has 0 saturated heterocycles. The second-order valence-corrected chi connectivity index (χ2v) is 57.4. The Kier molecular flexibility index (Phi) is 22.8. The van der Waals surface area contributed by atoms with Gasteiger partial charge in [0.2, 0.25) is 0 Å². The molecule has 4 aliphatic rings. The summed E-state index contributed by atoms with van der Waals surface area (Å²) in [5.41, 5.74) is 13.5. The van der Waals surface area contributed by atoms with E-state index in [4.69, 9.17) is 68.7 Å². The van der Waals surface area contributed by atoms with Crippen molar-refractivity contribution in [1.82, 2.24) is 79.7 Å². The number of aromatic nitrogens is 16. The predicted molar refractivity (Wildman–Crippen MR) is 542 cm³/mol. The van der Waals surface area contributed by atoms with Gasteiger partial charge in [-0.25, -0.2) is 85.1 Å². The van der Waals surface area contributed by atoms with E-state index in [9.17, 15) is 25.3 Å². The van der Waals surface area contributed by atoms with E-state index in [1.54, 1.807) is 63.2 Å². The second kappa shape index (κ2) is 33.3. The van der Waals surface area contributed by atoms with Gasteiger partial charge in [-0.05, 0) is 198 Å². The van der Waals surface area contributed by atoms with E-state index in [0.29, 0.717) is 137 Å². The Hall–Kier alpha value is -12.5. The molecule has 10 heterocycles. The van der Waals surface area contributed by atoms with Gasteiger partial charge in [-0.1, -0.05) is 185 Å². The van der Waals surface area contributed by atoms with Crippen molar-refractivity contribution in [2.45, 2.75) is 211 Å². The molecular formula is C105H110N16O8S3Si2. The predicted octanol–water partition coefficient (Wildman–Crippen LogP) is 23.2. The van der Waals surface area contributed by atoms with Crippen LogP contribution in [-0.2, 0) is 54.6 Å². The van der Waals surface area contributed by atoms with Crippen molar-refractivity contribution in [1.29, 1.82) is 0 Å². The molecule has 16 bridgehead atoms. The number of hydrogen-bond donors (Lipinski definition) is 4. The molecule has 0 spiro atoms. The molecule has 4 aliphatic heterocycles. The summed E-state index contributed by atoms with van der Waals surface area (Å²) in [6.07, 6.45) is 1.11. The van der Waals surface area contributed by atoms with Crippen LogP contribution in [0.4, 0.5) is 0 Å². The van der Waals surface area contributed by atoms with E-state index in [1.165, 1.54) is 12.1 Å². The first-order valence-electron chi connectivity index (χ1n) is 45.6. The van der Waals surface area contributed by atoms with Crippen LogP contribution in [0, 0.1) is 23.7 Å². The fourth-order valence-electron chi connectivity index (χ4n) is 16.5. The van der Waals surface area contributed by atoms with E-state index < -0.39 is 46.1 Å². The minimum Gasteiger partial charge on any atom is -0.412 e. The number of sulfone groups is 3. The maximum Gasteiger partial charge on any atom is 0.192 e. The molecule has 684 valence electrons. The molecule has 134 heavy (non-hydrogen) atoms. The maximum atomic E-state index is 14.1. The Bertz CT molecular complexity index is 8300. The van der Waals surface area contributed by atoms with Gasteiger partial charge in [0.05, 0.1) is 45.2 Å². The molecule has 24 nitrogen and oxygen atoms in total. The number of aromatic amines is 4. The van der Waals surface area contributed by atoms with Gasteiger partial charge < -0.3 is 28.8 Å². The summed E-state index contributed by atoms with van der Waals surface area (Å²) >= 11 is 0. The highest BCUT2D eigenvalue weighted by Gasteiger charge is 2.40. The highest BCUT2D eigenvalue weighted by Crippen LogP contribution is 2.46. The molecule has 6 aromatic heterocycles. The lowest BCUT2D eigenvalue weighted by Crippen LogP contribution is -2.42. The van der Waals surface area contributed by atoms with Crippen LogP contribution in [0.1, 0.15) is 172 Å². The number of benzene rings is 8. The molecule has 0 radical (unpaired) electrons. The van der Waals surface area contributed by atoms with Crippen LogP contribution >= 0.6 is 0 Å². The molecule has 4 N–H and O–H groups in total. The van der Waals surface area contributed by atoms with E-state index in [2.05, 4.69) is 228 Å². The van der Waals surface area contributed by atoms with E-state index >= 15 is 0 Å². The molecule has 0 fully saturated rings. The number of rotatable bonds is 15. The fraction of sp³-hybridized carbons (Fsp3) is 0.333. The second-order valence-electron chi connectivity index (χ2n) is 41.4. The average Bonchev–Trinajstić information content (AvgIpc) is 1.59. The Morgan fingerprint density at radius 2 is 0.537 bits per heavy atom. The highest BCUT2D eigenvalue weighted by atomic mass is 32.2. The lowest BCUT2D eigenvalue weighted by atomic mass is 9.85. The van der Waals surface area contributed by atoms with Crippen molar-refractivity contribution in [3.05, 3.63) is 185 Å². The van der Waals surface area contributed by atoms with Crippen molar-refractivity contribution in [3.8, 4) is 115 Å². The first kappa shape index (κ1) is 92.0. The first-order chi connectivity index (χ1) is 63.0. The highest BCUT2D eigenvalue weighted by molar-refractivity contribution is 7.92. The molecule has 29 heteroatoms. The number of hydrogen-bond acceptors (Lipinski definition) is 20. The lowest BCUT2D eigenvalue weighted by Gasteiger charge is -2.37. The van der Waals surface area contributed by atoms with Crippen LogP contribution in [-0.4, -0.2) is 152 Å². The van der Waals surface area contributed by atoms with Crippen molar-refractivity contribution < 1.29 is 34.1 Å². The van der Waals surface area contributed by atoms with Crippen molar-refractivity contribution >= 4 is 134 Å². The summed E-state index contributed by atoms with van der Waals surface area (Å²) in [7, 11) is -16.5. The third kappa shape index (κ3) is 17.3. The summed E-state index contributed by atoms with van der Waals surface area (Å²) in [4.78, 5) is 78.2. The Labute approximate surface area is 783 Å². The molecule has 0 amide bonds. The van der Waals surface area contributed by atoms with Gasteiger partial charge in [0.1, 0.15) is 45.2 Å². The van der Waals surface area contributed by atoms with Crippen LogP contribution in [0.3, 0.4) is 0 Å². The van der Waals surface area contributed by atoms with Gasteiger partial charge in [-0.2, -0.15) is 0 Å². The summed E-state index contributed by atoms with van der Waals surface area (Å²) in [6.45, 7) is 47.6.